The fourth-order valence-electron chi connectivity index (χ4n) is 2.89. The SMILES string of the molecule is c1ccc(CCCc2noc(-c3ccc(NCc4ccncc4)nc3)n2)cc1. The Morgan fingerprint density at radius 1 is 0.857 bits per heavy atom. The monoisotopic (exact) mass is 371 g/mol. The van der Waals surface area contributed by atoms with Crippen LogP contribution in [0.5, 0.6) is 0 Å². The number of benzene rings is 1. The summed E-state index contributed by atoms with van der Waals surface area (Å²) in [5.41, 5.74) is 3.29. The van der Waals surface area contributed by atoms with Crippen LogP contribution in [0.3, 0.4) is 0 Å². The highest BCUT2D eigenvalue weighted by molar-refractivity contribution is 5.54. The van der Waals surface area contributed by atoms with E-state index in [1.165, 1.54) is 5.56 Å². The Kier molecular flexibility index (Phi) is 5.68. The van der Waals surface area contributed by atoms with Crippen molar-refractivity contribution in [1.29, 1.82) is 0 Å². The molecule has 4 rings (SSSR count). The maximum absolute atomic E-state index is 5.39. The van der Waals surface area contributed by atoms with Gasteiger partial charge in [0.25, 0.3) is 5.89 Å². The summed E-state index contributed by atoms with van der Waals surface area (Å²) < 4.78 is 5.39. The Morgan fingerprint density at radius 3 is 2.50 bits per heavy atom. The molecule has 0 unspecified atom stereocenters. The Balaban J connectivity index is 1.30. The molecule has 28 heavy (non-hydrogen) atoms. The third kappa shape index (κ3) is 4.79. The molecule has 0 radical (unpaired) electrons. The predicted molar refractivity (Wildman–Crippen MR) is 108 cm³/mol. The average molecular weight is 371 g/mol. The summed E-state index contributed by atoms with van der Waals surface area (Å²) >= 11 is 0. The van der Waals surface area contributed by atoms with E-state index in [1.807, 2.05) is 30.3 Å². The van der Waals surface area contributed by atoms with Gasteiger partial charge in [0, 0.05) is 31.6 Å². The molecule has 0 saturated heterocycles. The van der Waals surface area contributed by atoms with Crippen molar-refractivity contribution >= 4 is 5.82 Å². The first-order chi connectivity index (χ1) is 13.9. The van der Waals surface area contributed by atoms with Crippen molar-refractivity contribution in [3.05, 3.63) is 90.1 Å². The van der Waals surface area contributed by atoms with Crippen LogP contribution in [0.1, 0.15) is 23.4 Å². The molecule has 4 aromatic rings. The van der Waals surface area contributed by atoms with Crippen LogP contribution in [-0.4, -0.2) is 20.1 Å². The minimum absolute atomic E-state index is 0.503. The number of aromatic nitrogens is 4. The Bertz CT molecular complexity index is 984. The van der Waals surface area contributed by atoms with E-state index in [4.69, 9.17) is 4.52 Å². The van der Waals surface area contributed by atoms with Crippen molar-refractivity contribution in [3.8, 4) is 11.5 Å². The first-order valence-electron chi connectivity index (χ1n) is 9.32. The van der Waals surface area contributed by atoms with Gasteiger partial charge in [-0.25, -0.2) is 4.98 Å². The van der Waals surface area contributed by atoms with Crippen LogP contribution in [0.4, 0.5) is 5.82 Å². The first kappa shape index (κ1) is 17.9. The van der Waals surface area contributed by atoms with Crippen LogP contribution in [0.2, 0.25) is 0 Å². The molecule has 1 N–H and O–H groups in total. The van der Waals surface area contributed by atoms with E-state index in [2.05, 4.69) is 49.7 Å². The van der Waals surface area contributed by atoms with Crippen molar-refractivity contribution in [2.45, 2.75) is 25.8 Å². The third-order valence-corrected chi connectivity index (χ3v) is 4.41. The molecule has 0 aliphatic carbocycles. The zero-order chi connectivity index (χ0) is 19.0. The number of hydrogen-bond donors (Lipinski definition) is 1. The fraction of sp³-hybridized carbons (Fsp3) is 0.182. The Labute approximate surface area is 163 Å². The van der Waals surface area contributed by atoms with E-state index in [0.29, 0.717) is 12.4 Å². The quantitative estimate of drug-likeness (QED) is 0.497. The molecular weight excluding hydrogens is 350 g/mol. The lowest BCUT2D eigenvalue weighted by atomic mass is 10.1. The fourth-order valence-corrected chi connectivity index (χ4v) is 2.89. The summed E-state index contributed by atoms with van der Waals surface area (Å²) in [5, 5.41) is 7.37. The van der Waals surface area contributed by atoms with Crippen molar-refractivity contribution < 1.29 is 4.52 Å². The second kappa shape index (κ2) is 8.90. The highest BCUT2D eigenvalue weighted by Gasteiger charge is 2.09. The third-order valence-electron chi connectivity index (χ3n) is 4.41. The maximum Gasteiger partial charge on any atom is 0.259 e. The molecule has 1 aromatic carbocycles. The number of nitrogens with zero attached hydrogens (tertiary/aromatic N) is 4. The predicted octanol–water partition coefficient (Wildman–Crippen LogP) is 4.31. The van der Waals surface area contributed by atoms with Crippen LogP contribution >= 0.6 is 0 Å². The van der Waals surface area contributed by atoms with E-state index in [9.17, 15) is 0 Å². The molecule has 0 aliphatic rings. The lowest BCUT2D eigenvalue weighted by Gasteiger charge is -2.05. The largest absolute Gasteiger partial charge is 0.366 e. The van der Waals surface area contributed by atoms with Crippen molar-refractivity contribution in [3.63, 3.8) is 0 Å². The molecule has 0 fully saturated rings. The molecule has 6 heteroatoms. The van der Waals surface area contributed by atoms with Crippen molar-refractivity contribution in [2.24, 2.45) is 0 Å². The summed E-state index contributed by atoms with van der Waals surface area (Å²) in [4.78, 5) is 12.9. The van der Waals surface area contributed by atoms with Gasteiger partial charge in [0.05, 0.1) is 5.56 Å². The maximum atomic E-state index is 5.39. The van der Waals surface area contributed by atoms with Crippen molar-refractivity contribution in [2.75, 3.05) is 5.32 Å². The summed E-state index contributed by atoms with van der Waals surface area (Å²) in [6.07, 6.45) is 8.08. The van der Waals surface area contributed by atoms with Crippen LogP contribution in [0, 0.1) is 0 Å². The van der Waals surface area contributed by atoms with Gasteiger partial charge in [0.1, 0.15) is 5.82 Å². The van der Waals surface area contributed by atoms with E-state index in [0.717, 1.165) is 42.0 Å². The lowest BCUT2D eigenvalue weighted by Crippen LogP contribution is -2.01. The second-order valence-corrected chi connectivity index (χ2v) is 6.50. The van der Waals surface area contributed by atoms with Crippen LogP contribution in [-0.2, 0) is 19.4 Å². The zero-order valence-corrected chi connectivity index (χ0v) is 15.5. The summed E-state index contributed by atoms with van der Waals surface area (Å²) in [6.45, 7) is 0.695. The molecule has 0 spiro atoms. The molecule has 0 atom stereocenters. The number of nitrogens with one attached hydrogen (secondary N) is 1. The highest BCUT2D eigenvalue weighted by Crippen LogP contribution is 2.18. The molecule has 0 bridgehead atoms. The van der Waals surface area contributed by atoms with Crippen LogP contribution in [0.25, 0.3) is 11.5 Å². The number of aryl methyl sites for hydroxylation is 2. The van der Waals surface area contributed by atoms with E-state index in [-0.39, 0.29) is 0 Å². The standard InChI is InChI=1S/C22H21N5O/c1-2-5-17(6-3-1)7-4-8-21-26-22(28-27-21)19-9-10-20(25-16-19)24-15-18-11-13-23-14-12-18/h1-3,5-6,9-14,16H,4,7-8,15H2,(H,24,25). The molecule has 0 aliphatic heterocycles. The van der Waals surface area contributed by atoms with E-state index >= 15 is 0 Å². The first-order valence-corrected chi connectivity index (χ1v) is 9.32. The molecule has 3 aromatic heterocycles. The van der Waals surface area contributed by atoms with Gasteiger partial charge in [-0.3, -0.25) is 4.98 Å². The second-order valence-electron chi connectivity index (χ2n) is 6.50. The van der Waals surface area contributed by atoms with Crippen molar-refractivity contribution in [1.82, 2.24) is 20.1 Å². The Hall–Kier alpha value is -3.54. The molecule has 3 heterocycles. The summed E-state index contributed by atoms with van der Waals surface area (Å²) in [5.74, 6) is 2.02. The van der Waals surface area contributed by atoms with Gasteiger partial charge in [-0.05, 0) is 48.2 Å². The van der Waals surface area contributed by atoms with Crippen LogP contribution in [0.15, 0.2) is 77.7 Å². The number of anilines is 1. The van der Waals surface area contributed by atoms with Gasteiger partial charge >= 0.3 is 0 Å². The van der Waals surface area contributed by atoms with Gasteiger partial charge in [-0.15, -0.1) is 0 Å². The molecule has 0 amide bonds. The molecule has 140 valence electrons. The molecular formula is C22H21N5O. The van der Waals surface area contributed by atoms with Gasteiger partial charge in [-0.2, -0.15) is 4.98 Å². The van der Waals surface area contributed by atoms with Gasteiger partial charge in [0.15, 0.2) is 5.82 Å². The van der Waals surface area contributed by atoms with Gasteiger partial charge in [0.2, 0.25) is 0 Å². The van der Waals surface area contributed by atoms with E-state index in [1.54, 1.807) is 18.6 Å². The minimum Gasteiger partial charge on any atom is -0.366 e. The minimum atomic E-state index is 0.503. The van der Waals surface area contributed by atoms with Gasteiger partial charge in [-0.1, -0.05) is 35.5 Å². The Morgan fingerprint density at radius 2 is 1.71 bits per heavy atom. The van der Waals surface area contributed by atoms with E-state index < -0.39 is 0 Å². The van der Waals surface area contributed by atoms with Gasteiger partial charge < -0.3 is 9.84 Å². The van der Waals surface area contributed by atoms with Crippen LogP contribution < -0.4 is 5.32 Å². The average Bonchev–Trinajstić information content (AvgIpc) is 3.23. The number of hydrogen-bond acceptors (Lipinski definition) is 6. The number of rotatable bonds is 8. The normalized spacial score (nSPS) is 10.7. The summed E-state index contributed by atoms with van der Waals surface area (Å²) in [6, 6.07) is 18.2. The summed E-state index contributed by atoms with van der Waals surface area (Å²) in [7, 11) is 0. The smallest absolute Gasteiger partial charge is 0.259 e. The lowest BCUT2D eigenvalue weighted by molar-refractivity contribution is 0.421. The molecule has 6 nitrogen and oxygen atoms in total. The number of pyridine rings is 2. The zero-order valence-electron chi connectivity index (χ0n) is 15.5. The highest BCUT2D eigenvalue weighted by atomic mass is 16.5. The molecule has 0 saturated carbocycles. The topological polar surface area (TPSA) is 76.7 Å².